The first-order valence-corrected chi connectivity index (χ1v) is 10.6. The molecular formula is C17H17N5O9P-. The van der Waals surface area contributed by atoms with Gasteiger partial charge in [0.25, 0.3) is 0 Å². The smallest absolute Gasteiger partial charge is 0.344 e. The summed E-state index contributed by atoms with van der Waals surface area (Å²) < 4.78 is 27.9. The van der Waals surface area contributed by atoms with Crippen molar-refractivity contribution in [3.63, 3.8) is 0 Å². The Hall–Kier alpha value is -3.13. The number of aromatic nitrogens is 4. The van der Waals surface area contributed by atoms with Crippen LogP contribution in [0.15, 0.2) is 36.9 Å². The van der Waals surface area contributed by atoms with Gasteiger partial charge in [0.05, 0.1) is 18.5 Å². The maximum absolute atomic E-state index is 12.0. The number of aliphatic hydroxyl groups is 2. The number of nitrogen functional groups attached to an aromatic ring is 1. The van der Waals surface area contributed by atoms with Crippen LogP contribution in [0.25, 0.3) is 11.2 Å². The van der Waals surface area contributed by atoms with Gasteiger partial charge in [0.15, 0.2) is 17.7 Å². The zero-order valence-electron chi connectivity index (χ0n) is 16.1. The van der Waals surface area contributed by atoms with Crippen LogP contribution in [0.4, 0.5) is 5.82 Å². The van der Waals surface area contributed by atoms with Gasteiger partial charge in [0.1, 0.15) is 35.9 Å². The number of ether oxygens (including phenoxy) is 1. The molecule has 1 aromatic carbocycles. The van der Waals surface area contributed by atoms with Crippen LogP contribution >= 0.6 is 7.82 Å². The number of phosphoric acid groups is 1. The minimum atomic E-state index is -5.16. The Morgan fingerprint density at radius 3 is 2.81 bits per heavy atom. The molecule has 0 saturated carbocycles. The summed E-state index contributed by atoms with van der Waals surface area (Å²) >= 11 is 0. The number of phenols is 1. The summed E-state index contributed by atoms with van der Waals surface area (Å²) in [6.45, 7) is -0.757. The summed E-state index contributed by atoms with van der Waals surface area (Å²) in [6.07, 6.45) is -3.05. The summed E-state index contributed by atoms with van der Waals surface area (Å²) in [5.41, 5.74) is 5.98. The van der Waals surface area contributed by atoms with Crippen molar-refractivity contribution in [3.05, 3.63) is 42.5 Å². The van der Waals surface area contributed by atoms with Gasteiger partial charge in [-0.25, -0.2) is 19.7 Å². The number of carbonyl (C=O) groups is 1. The van der Waals surface area contributed by atoms with E-state index in [-0.39, 0.29) is 28.3 Å². The molecule has 5 atom stereocenters. The van der Waals surface area contributed by atoms with Crippen molar-refractivity contribution in [1.82, 2.24) is 19.5 Å². The highest BCUT2D eigenvalue weighted by Crippen LogP contribution is 2.41. The van der Waals surface area contributed by atoms with Crippen molar-refractivity contribution in [3.8, 4) is 5.75 Å². The number of nitrogens with two attached hydrogens (primary N) is 1. The van der Waals surface area contributed by atoms with Crippen LogP contribution in [0, 0.1) is 0 Å². The van der Waals surface area contributed by atoms with Crippen molar-refractivity contribution >= 4 is 30.8 Å². The van der Waals surface area contributed by atoms with Crippen molar-refractivity contribution in [2.45, 2.75) is 24.5 Å². The summed E-state index contributed by atoms with van der Waals surface area (Å²) in [5, 5.41) is 30.0. The van der Waals surface area contributed by atoms with E-state index < -0.39 is 44.9 Å². The third-order valence-corrected chi connectivity index (χ3v) is 5.53. The average molecular weight is 466 g/mol. The van der Waals surface area contributed by atoms with E-state index in [1.165, 1.54) is 35.4 Å². The number of rotatable bonds is 6. The number of imidazole rings is 1. The molecular weight excluding hydrogens is 449 g/mol. The number of hydrogen-bond acceptors (Lipinski definition) is 13. The number of phenolic OH excluding ortho intramolecular Hbond substituents is 1. The molecule has 14 nitrogen and oxygen atoms in total. The van der Waals surface area contributed by atoms with Crippen molar-refractivity contribution in [1.29, 1.82) is 0 Å². The number of hydrogen-bond donors (Lipinski definition) is 4. The molecule has 0 radical (unpaired) electrons. The Balaban J connectivity index is 1.42. The molecule has 0 spiro atoms. The normalized spacial score (nSPS) is 25.0. The highest BCUT2D eigenvalue weighted by molar-refractivity contribution is 7.46. The summed E-state index contributed by atoms with van der Waals surface area (Å²) in [4.78, 5) is 35.8. The average Bonchev–Trinajstić information content (AvgIpc) is 3.29. The zero-order valence-corrected chi connectivity index (χ0v) is 17.0. The monoisotopic (exact) mass is 466 g/mol. The number of benzene rings is 1. The Morgan fingerprint density at radius 1 is 1.28 bits per heavy atom. The molecule has 32 heavy (non-hydrogen) atoms. The molecule has 15 heteroatoms. The standard InChI is InChI=1S/C17H18N5O9P/c18-14-11-15(20-6-19-14)22(7-21-11)16-13(25)12(24)10(30-16)5-29-32(27,28)31-17(26)8-2-1-3-9(23)4-8/h1-4,6-7,10,12-13,16,23-25H,5H2,(H,27,28)(H2,18,19,20)/p-1/t10-,12-,13-,16-/m1/s1. The quantitative estimate of drug-likeness (QED) is 0.324. The molecule has 0 amide bonds. The van der Waals surface area contributed by atoms with Gasteiger partial charge in [-0.1, -0.05) is 6.07 Å². The van der Waals surface area contributed by atoms with E-state index in [1.807, 2.05) is 0 Å². The summed E-state index contributed by atoms with van der Waals surface area (Å²) in [7, 11) is -5.16. The topological polar surface area (TPSA) is 215 Å². The molecule has 3 heterocycles. The minimum absolute atomic E-state index is 0.0995. The lowest BCUT2D eigenvalue weighted by molar-refractivity contribution is -0.222. The number of anilines is 1. The fourth-order valence-electron chi connectivity index (χ4n) is 3.13. The van der Waals surface area contributed by atoms with Crippen LogP contribution in [-0.2, 0) is 18.3 Å². The first kappa shape index (κ1) is 22.1. The van der Waals surface area contributed by atoms with Gasteiger partial charge in [-0.2, -0.15) is 0 Å². The van der Waals surface area contributed by atoms with Gasteiger partial charge >= 0.3 is 13.8 Å². The Labute approximate surface area is 179 Å². The molecule has 1 aliphatic rings. The van der Waals surface area contributed by atoms with E-state index in [0.29, 0.717) is 0 Å². The van der Waals surface area contributed by atoms with E-state index in [1.54, 1.807) is 0 Å². The number of aromatic hydroxyl groups is 1. The maximum Gasteiger partial charge on any atom is 0.344 e. The van der Waals surface area contributed by atoms with Crippen LogP contribution in [0.5, 0.6) is 5.75 Å². The van der Waals surface area contributed by atoms with E-state index in [9.17, 15) is 29.6 Å². The molecule has 5 N–H and O–H groups in total. The van der Waals surface area contributed by atoms with Crippen LogP contribution in [0.1, 0.15) is 16.6 Å². The number of fused-ring (bicyclic) bond motifs is 1. The van der Waals surface area contributed by atoms with E-state index in [0.717, 1.165) is 6.07 Å². The first-order valence-electron chi connectivity index (χ1n) is 9.09. The second-order valence-electron chi connectivity index (χ2n) is 6.80. The Bertz CT molecular complexity index is 1200. The maximum atomic E-state index is 12.0. The number of carbonyl (C=O) groups excluding carboxylic acids is 1. The van der Waals surface area contributed by atoms with Crippen LogP contribution in [-0.4, -0.2) is 65.7 Å². The molecule has 170 valence electrons. The van der Waals surface area contributed by atoms with Gasteiger partial charge in [0.2, 0.25) is 0 Å². The van der Waals surface area contributed by atoms with E-state index in [4.69, 9.17) is 10.5 Å². The first-order chi connectivity index (χ1) is 15.2. The lowest BCUT2D eigenvalue weighted by Gasteiger charge is -2.24. The fourth-order valence-corrected chi connectivity index (χ4v) is 3.82. The highest BCUT2D eigenvalue weighted by atomic mass is 31.2. The third-order valence-electron chi connectivity index (χ3n) is 4.67. The highest BCUT2D eigenvalue weighted by Gasteiger charge is 2.45. The fraction of sp³-hybridized carbons (Fsp3) is 0.294. The van der Waals surface area contributed by atoms with E-state index >= 15 is 0 Å². The van der Waals surface area contributed by atoms with Crippen LogP contribution < -0.4 is 10.6 Å². The van der Waals surface area contributed by atoms with Gasteiger partial charge in [-0.05, 0) is 18.2 Å². The van der Waals surface area contributed by atoms with Crippen LogP contribution in [0.2, 0.25) is 0 Å². The predicted octanol–water partition coefficient (Wildman–Crippen LogP) is -0.925. The second kappa shape index (κ2) is 8.43. The number of nitrogens with zero attached hydrogens (tertiary/aromatic N) is 4. The van der Waals surface area contributed by atoms with Crippen molar-refractivity contribution < 1.29 is 43.4 Å². The second-order valence-corrected chi connectivity index (χ2v) is 8.14. The van der Waals surface area contributed by atoms with E-state index in [2.05, 4.69) is 24.0 Å². The summed E-state index contributed by atoms with van der Waals surface area (Å²) in [6, 6.07) is 4.86. The van der Waals surface area contributed by atoms with Gasteiger partial charge in [-0.15, -0.1) is 0 Å². The molecule has 1 fully saturated rings. The molecule has 0 bridgehead atoms. The largest absolute Gasteiger partial charge is 0.746 e. The van der Waals surface area contributed by atoms with Gasteiger partial charge < -0.3 is 39.7 Å². The van der Waals surface area contributed by atoms with Gasteiger partial charge in [0, 0.05) is 0 Å². The van der Waals surface area contributed by atoms with Crippen molar-refractivity contribution in [2.24, 2.45) is 0 Å². The minimum Gasteiger partial charge on any atom is -0.746 e. The van der Waals surface area contributed by atoms with Crippen LogP contribution in [0.3, 0.4) is 0 Å². The zero-order chi connectivity index (χ0) is 23.0. The lowest BCUT2D eigenvalue weighted by atomic mass is 10.1. The molecule has 4 rings (SSSR count). The molecule has 2 aromatic heterocycles. The molecule has 0 aliphatic carbocycles. The lowest BCUT2D eigenvalue weighted by Crippen LogP contribution is -2.34. The molecule has 1 saturated heterocycles. The molecule has 3 aromatic rings. The molecule has 1 aliphatic heterocycles. The summed E-state index contributed by atoms with van der Waals surface area (Å²) in [5.74, 6) is -1.43. The Morgan fingerprint density at radius 2 is 2.06 bits per heavy atom. The SMILES string of the molecule is Nc1ncnc2c1ncn2[C@@H]1O[C@H](COP(=O)([O-])OC(=O)c2cccc(O)c2)[C@@H](O)[C@H]1O. The number of phosphoric ester groups is 1. The van der Waals surface area contributed by atoms with Crippen molar-refractivity contribution in [2.75, 3.05) is 12.3 Å². The number of aliphatic hydroxyl groups excluding tert-OH is 2. The van der Waals surface area contributed by atoms with Gasteiger partial charge in [-0.3, -0.25) is 9.13 Å². The Kier molecular flexibility index (Phi) is 5.81. The third kappa shape index (κ3) is 4.27. The predicted molar refractivity (Wildman–Crippen MR) is 103 cm³/mol. The molecule has 1 unspecified atom stereocenters.